The van der Waals surface area contributed by atoms with Gasteiger partial charge in [0.05, 0.1) is 30.4 Å². The van der Waals surface area contributed by atoms with E-state index in [2.05, 4.69) is 50.7 Å². The lowest BCUT2D eigenvalue weighted by Gasteiger charge is -2.36. The highest BCUT2D eigenvalue weighted by atomic mass is 32.3. The fourth-order valence-electron chi connectivity index (χ4n) is 12.9. The van der Waals surface area contributed by atoms with Gasteiger partial charge in [0.25, 0.3) is 33.7 Å². The van der Waals surface area contributed by atoms with Crippen LogP contribution in [0.5, 0.6) is 0 Å². The SMILES string of the molecule is CNC1CC1ONC(=O)[C@@H]1CC[C@@H]2CN1C(=O)N2OS(=O)(=O)O.CNC1CCC1ONC(=O)[C@@H]1CC[C@@H]2CN1C(=O)N2OS(C)(=O)=O.CNC1CCCC1ONC(=O)[C@@H]1CC[C@@H]2CN1C(=O)N2OS(=O)(=O)O.NC1CCC1ONC(=O)[C@@H]1CC[C@@H]2CN1C(=O)N2OS(=O)(=O)O. The Kier molecular flexibility index (Phi) is 23.3. The van der Waals surface area contributed by atoms with Gasteiger partial charge < -0.3 is 41.3 Å². The highest BCUT2D eigenvalue weighted by molar-refractivity contribution is 7.85. The molecule has 12 amide bonds. The van der Waals surface area contributed by atoms with Crippen LogP contribution < -0.4 is 43.6 Å². The van der Waals surface area contributed by atoms with Gasteiger partial charge in [-0.25, -0.2) is 41.1 Å². The number of hydrogen-bond acceptors (Lipinski definition) is 28. The molecule has 12 fully saturated rings. The quantitative estimate of drug-likeness (QED) is 0.0337. The van der Waals surface area contributed by atoms with Crippen LogP contribution >= 0.6 is 0 Å². The number of likely N-dealkylation sites (N-methyl/N-ethyl adjacent to an activating group) is 3. The van der Waals surface area contributed by atoms with E-state index in [0.29, 0.717) is 66.6 Å². The summed E-state index contributed by atoms with van der Waals surface area (Å²) in [6.07, 6.45) is 10.4. The largest absolute Gasteiger partial charge is 0.418 e. The van der Waals surface area contributed by atoms with E-state index in [1.165, 1.54) is 19.6 Å². The molecule has 8 unspecified atom stereocenters. The smallest absolute Gasteiger partial charge is 0.325 e. The molecule has 0 aromatic heterocycles. The highest BCUT2D eigenvalue weighted by Gasteiger charge is 2.54. The molecule has 12 rings (SSSR count). The Bertz CT molecular complexity index is 3350. The predicted octanol–water partition coefficient (Wildman–Crippen LogP) is -4.95. The molecule has 0 radical (unpaired) electrons. The number of amides is 12. The first-order valence-corrected chi connectivity index (χ1v) is 36.5. The van der Waals surface area contributed by atoms with Gasteiger partial charge in [-0.1, -0.05) is 0 Å². The van der Waals surface area contributed by atoms with Crippen molar-refractivity contribution in [1.82, 2.24) is 77.7 Å². The molecule has 12 N–H and O–H groups in total. The molecule has 8 bridgehead atoms. The van der Waals surface area contributed by atoms with Crippen LogP contribution in [0.4, 0.5) is 19.2 Å². The molecule has 8 aliphatic heterocycles. The Morgan fingerprint density at radius 3 is 0.979 bits per heavy atom. The maximum Gasteiger partial charge on any atom is 0.418 e. The van der Waals surface area contributed by atoms with E-state index in [4.69, 9.17) is 43.0 Å². The third kappa shape index (κ3) is 18.1. The maximum absolute atomic E-state index is 12.4. The minimum Gasteiger partial charge on any atom is -0.325 e. The van der Waals surface area contributed by atoms with Gasteiger partial charge >= 0.3 is 55.3 Å². The third-order valence-electron chi connectivity index (χ3n) is 18.3. The number of urea groups is 4. The summed E-state index contributed by atoms with van der Waals surface area (Å²) in [7, 11) is -12.7. The van der Waals surface area contributed by atoms with E-state index >= 15 is 0 Å². The van der Waals surface area contributed by atoms with Gasteiger partial charge in [-0.05, 0) is 124 Å². The van der Waals surface area contributed by atoms with Crippen LogP contribution in [0.1, 0.15) is 103 Å². The molecule has 4 aliphatic carbocycles. The summed E-state index contributed by atoms with van der Waals surface area (Å²) in [6.45, 7) is 0.689. The summed E-state index contributed by atoms with van der Waals surface area (Å²) in [5.41, 5.74) is 15.2. The van der Waals surface area contributed by atoms with Gasteiger partial charge in [0.1, 0.15) is 48.6 Å². The molecule has 0 aromatic carbocycles. The molecule has 43 nitrogen and oxygen atoms in total. The van der Waals surface area contributed by atoms with Gasteiger partial charge in [-0.15, -0.1) is 17.1 Å². The van der Waals surface area contributed by atoms with Gasteiger partial charge in [-0.2, -0.15) is 53.9 Å². The molecule has 538 valence electrons. The second-order valence-electron chi connectivity index (χ2n) is 24.5. The van der Waals surface area contributed by atoms with Crippen molar-refractivity contribution in [1.29, 1.82) is 0 Å². The molecule has 16 atom stereocenters. The van der Waals surface area contributed by atoms with Gasteiger partial charge in [0.2, 0.25) is 0 Å². The third-order valence-corrected chi connectivity index (χ3v) is 19.7. The Balaban J connectivity index is 0.000000149. The minimum absolute atomic E-state index is 0.0744. The van der Waals surface area contributed by atoms with Crippen LogP contribution in [0.25, 0.3) is 0 Å². The normalized spacial score (nSPS) is 32.9. The summed E-state index contributed by atoms with van der Waals surface area (Å²) in [6, 6.07) is -7.41. The number of carbonyl (C=O) groups excluding carboxylic acids is 8. The predicted molar refractivity (Wildman–Crippen MR) is 312 cm³/mol. The Hall–Kier alpha value is -5.84. The Morgan fingerprint density at radius 2 is 0.705 bits per heavy atom. The van der Waals surface area contributed by atoms with Crippen molar-refractivity contribution in [2.24, 2.45) is 5.73 Å². The van der Waals surface area contributed by atoms with Crippen LogP contribution in [-0.4, -0.2) is 285 Å². The van der Waals surface area contributed by atoms with Gasteiger partial charge in [0, 0.05) is 50.3 Å². The van der Waals surface area contributed by atoms with Crippen LogP contribution in [0, 0.1) is 0 Å². The second-order valence-corrected chi connectivity index (χ2v) is 29.0. The molecule has 4 saturated carbocycles. The molecule has 0 spiro atoms. The number of hydrogen-bond donors (Lipinski definition) is 11. The Morgan fingerprint density at radius 1 is 0.400 bits per heavy atom. The molecule has 8 saturated heterocycles. The topological polar surface area (TPSA) is 544 Å². The molecule has 0 aromatic rings. The number of rotatable bonds is 23. The van der Waals surface area contributed by atoms with Crippen molar-refractivity contribution >= 4 is 89.1 Å². The number of nitrogens with two attached hydrogens (primary N) is 1. The van der Waals surface area contributed by atoms with E-state index < -0.39 is 131 Å². The lowest BCUT2D eigenvalue weighted by Crippen LogP contribution is -2.54. The lowest BCUT2D eigenvalue weighted by atomic mass is 9.89. The van der Waals surface area contributed by atoms with Crippen molar-refractivity contribution in [2.45, 2.75) is 200 Å². The molecule has 8 heterocycles. The second kappa shape index (κ2) is 30.1. The van der Waals surface area contributed by atoms with Crippen molar-refractivity contribution < 1.29 is 122 Å². The van der Waals surface area contributed by atoms with Crippen molar-refractivity contribution in [2.75, 3.05) is 53.6 Å². The number of fused-ring (bicyclic) bond motifs is 8. The van der Waals surface area contributed by atoms with Gasteiger partial charge in [0.15, 0.2) is 0 Å². The molecule has 47 heteroatoms. The number of nitrogens with one attached hydrogen (secondary N) is 7. The van der Waals surface area contributed by atoms with E-state index in [-0.39, 0.29) is 80.8 Å². The first-order valence-electron chi connectivity index (χ1n) is 30.6. The summed E-state index contributed by atoms with van der Waals surface area (Å²) < 4.78 is 131. The number of piperidine rings is 4. The zero-order valence-electron chi connectivity index (χ0n) is 51.8. The average molecular weight is 1440 g/mol. The summed E-state index contributed by atoms with van der Waals surface area (Å²) in [4.78, 5) is 124. The van der Waals surface area contributed by atoms with Crippen molar-refractivity contribution in [3.63, 3.8) is 0 Å². The average Bonchev–Trinajstić information content (AvgIpc) is 1.65. The van der Waals surface area contributed by atoms with Crippen LogP contribution in [0.2, 0.25) is 0 Å². The zero-order chi connectivity index (χ0) is 69.2. The van der Waals surface area contributed by atoms with E-state index in [9.17, 15) is 72.0 Å². The number of hydroxylamine groups is 12. The molecule has 95 heavy (non-hydrogen) atoms. The van der Waals surface area contributed by atoms with E-state index in [1.807, 2.05) is 14.1 Å². The highest BCUT2D eigenvalue weighted by Crippen LogP contribution is 2.36. The fraction of sp³-hybridized carbons (Fsp3) is 0.833. The summed E-state index contributed by atoms with van der Waals surface area (Å²) in [5, 5.41) is 11.9. The molecular formula is C48H80N16O27S4. The summed E-state index contributed by atoms with van der Waals surface area (Å²) in [5.74, 6) is -1.82. The van der Waals surface area contributed by atoms with Crippen LogP contribution in [0.15, 0.2) is 0 Å². The number of nitrogens with zero attached hydrogens (tertiary/aromatic N) is 8. The van der Waals surface area contributed by atoms with Crippen LogP contribution in [-0.2, 0) is 97.0 Å². The standard InChI is InChI=1S/C13H22N4O7S.C13H22N4O6S.2C11H18N4O7S/c1-14-9-3-2-4-11(9)23-15-12(18)10-6-5-8-7-16(10)13(19)17(8)24-25(20,21)22;1-14-9-4-6-11(9)22-15-12(18)10-5-3-8-7-16(10)13(19)17(8)23-24(2,20)21;1-12-7-4-9(7)21-13-10(16)8-3-2-6-5-14(8)11(17)15(6)22-23(18,19)20;12-7-2-4-9(7)21-13-10(16)8-3-1-6-5-14(8)11(17)15(6)22-23(18,19)20/h8-11,14H,2-7H2,1H3,(H,15,18)(H,20,21,22);8-11,14H,3-7H2,1-2H3,(H,15,18);6-9,12H,2-5H2,1H3,(H,13,16)(H,18,19,20);6-9H,1-5,12H2,(H,13,16)(H,18,19,20)/t2*8-,9?,10+,11?;2*6-,7?,8+,9?/m1111/s1. The number of carbonyl (C=O) groups is 8. The Labute approximate surface area is 545 Å². The summed E-state index contributed by atoms with van der Waals surface area (Å²) >= 11 is 0. The maximum atomic E-state index is 12.4. The minimum atomic E-state index is -4.80. The van der Waals surface area contributed by atoms with E-state index in [1.54, 1.807) is 7.05 Å². The van der Waals surface area contributed by atoms with Crippen molar-refractivity contribution in [3.8, 4) is 0 Å². The van der Waals surface area contributed by atoms with Gasteiger partial charge in [-0.3, -0.25) is 52.2 Å². The fourth-order valence-corrected chi connectivity index (χ4v) is 14.5. The van der Waals surface area contributed by atoms with E-state index in [0.717, 1.165) is 62.7 Å². The molecule has 12 aliphatic rings. The zero-order valence-corrected chi connectivity index (χ0v) is 55.1. The lowest BCUT2D eigenvalue weighted by molar-refractivity contribution is -0.151. The monoisotopic (exact) mass is 1440 g/mol. The molecular weight excluding hydrogens is 1360 g/mol. The first-order chi connectivity index (χ1) is 44.7. The van der Waals surface area contributed by atoms with Crippen LogP contribution in [0.3, 0.4) is 0 Å². The van der Waals surface area contributed by atoms with Crippen molar-refractivity contribution in [3.05, 3.63) is 0 Å². The first kappa shape index (κ1) is 73.4.